The number of aryl methyl sites for hydroxylation is 1. The summed E-state index contributed by atoms with van der Waals surface area (Å²) in [5.41, 5.74) is 1.23. The fraction of sp³-hybridized carbons (Fsp3) is 0.300. The average molecular weight is 343 g/mol. The molecular weight excluding hydrogens is 324 g/mol. The number of benzene rings is 2. The normalized spacial score (nSPS) is 19.7. The average Bonchev–Trinajstić information content (AvgIpc) is 2.88. The van der Waals surface area contributed by atoms with Crippen molar-refractivity contribution in [1.29, 1.82) is 0 Å². The van der Waals surface area contributed by atoms with E-state index in [4.69, 9.17) is 0 Å². The number of Topliss-reactive ketones (excluding diaryl/α,β-unsaturated/α-hetero) is 1. The molecule has 1 saturated heterocycles. The lowest BCUT2D eigenvalue weighted by Gasteiger charge is -2.18. The summed E-state index contributed by atoms with van der Waals surface area (Å²) >= 11 is 0. The van der Waals surface area contributed by atoms with E-state index in [2.05, 4.69) is 5.32 Å². The third kappa shape index (κ3) is 3.76. The number of ketones is 1. The smallest absolute Gasteiger partial charge is 0.224 e. The predicted octanol–water partition coefficient (Wildman–Crippen LogP) is 3.30. The van der Waals surface area contributed by atoms with Crippen molar-refractivity contribution in [3.05, 3.63) is 70.8 Å². The van der Waals surface area contributed by atoms with Gasteiger partial charge in [-0.3, -0.25) is 9.59 Å². The molecule has 1 fully saturated rings. The molecule has 1 heterocycles. The van der Waals surface area contributed by atoms with Crippen molar-refractivity contribution in [2.24, 2.45) is 5.92 Å². The zero-order valence-electron chi connectivity index (χ0n) is 13.9. The Morgan fingerprint density at radius 3 is 2.44 bits per heavy atom. The molecule has 2 aromatic rings. The first-order valence-corrected chi connectivity index (χ1v) is 8.24. The first-order chi connectivity index (χ1) is 12.0. The van der Waals surface area contributed by atoms with Crippen LogP contribution in [0.15, 0.2) is 42.5 Å². The van der Waals surface area contributed by atoms with E-state index in [1.165, 1.54) is 12.1 Å². The SMILES string of the molecule is Cc1cc(F)c([C@@H]2CNC(=O)[C@H]2CC(=O)Cc2ccccc2)c(F)c1. The standard InChI is InChI=1S/C20H19F2NO2/c1-12-7-17(21)19(18(22)8-12)16-11-23-20(25)15(16)10-14(24)9-13-5-3-2-4-6-13/h2-8,15-16H,9-11H2,1H3,(H,23,25)/t15-,16+/m0/s1. The number of amides is 1. The Morgan fingerprint density at radius 1 is 1.16 bits per heavy atom. The van der Waals surface area contributed by atoms with Gasteiger partial charge in [-0.1, -0.05) is 30.3 Å². The van der Waals surface area contributed by atoms with Gasteiger partial charge < -0.3 is 5.32 Å². The molecule has 1 aliphatic rings. The fourth-order valence-corrected chi connectivity index (χ4v) is 3.41. The van der Waals surface area contributed by atoms with Crippen LogP contribution in [-0.2, 0) is 16.0 Å². The van der Waals surface area contributed by atoms with Gasteiger partial charge in [0, 0.05) is 30.9 Å². The highest BCUT2D eigenvalue weighted by molar-refractivity contribution is 5.90. The fourth-order valence-electron chi connectivity index (χ4n) is 3.41. The topological polar surface area (TPSA) is 46.2 Å². The number of hydrogen-bond acceptors (Lipinski definition) is 2. The summed E-state index contributed by atoms with van der Waals surface area (Å²) in [6.07, 6.45) is 0.175. The maximum absolute atomic E-state index is 14.3. The Kier molecular flexibility index (Phi) is 4.93. The van der Waals surface area contributed by atoms with Gasteiger partial charge in [-0.05, 0) is 30.2 Å². The summed E-state index contributed by atoms with van der Waals surface area (Å²) in [6.45, 7) is 1.74. The molecule has 0 aromatic heterocycles. The third-order valence-electron chi connectivity index (χ3n) is 4.60. The Bertz CT molecular complexity index is 782. The molecular formula is C20H19F2NO2. The van der Waals surface area contributed by atoms with E-state index in [1.807, 2.05) is 30.3 Å². The molecule has 1 aliphatic heterocycles. The van der Waals surface area contributed by atoms with Gasteiger partial charge in [-0.15, -0.1) is 0 Å². The maximum Gasteiger partial charge on any atom is 0.224 e. The van der Waals surface area contributed by atoms with Crippen molar-refractivity contribution < 1.29 is 18.4 Å². The first-order valence-electron chi connectivity index (χ1n) is 8.24. The molecule has 0 saturated carbocycles. The van der Waals surface area contributed by atoms with Gasteiger partial charge in [0.15, 0.2) is 0 Å². The van der Waals surface area contributed by atoms with Gasteiger partial charge in [0.1, 0.15) is 17.4 Å². The molecule has 1 amide bonds. The molecule has 3 nitrogen and oxygen atoms in total. The summed E-state index contributed by atoms with van der Waals surface area (Å²) in [4.78, 5) is 24.5. The van der Waals surface area contributed by atoms with Gasteiger partial charge in [-0.2, -0.15) is 0 Å². The lowest BCUT2D eigenvalue weighted by molar-refractivity contribution is -0.127. The molecule has 2 aromatic carbocycles. The number of carbonyl (C=O) groups excluding carboxylic acids is 2. The molecule has 1 N–H and O–H groups in total. The minimum absolute atomic E-state index is 0.0296. The monoisotopic (exact) mass is 343 g/mol. The minimum Gasteiger partial charge on any atom is -0.355 e. The number of nitrogens with one attached hydrogen (secondary N) is 1. The quantitative estimate of drug-likeness (QED) is 0.905. The van der Waals surface area contributed by atoms with Crippen molar-refractivity contribution in [2.75, 3.05) is 6.54 Å². The second-order valence-corrected chi connectivity index (χ2v) is 6.51. The van der Waals surface area contributed by atoms with E-state index < -0.39 is 23.5 Å². The van der Waals surface area contributed by atoms with Crippen molar-refractivity contribution >= 4 is 11.7 Å². The van der Waals surface area contributed by atoms with Crippen LogP contribution in [0.2, 0.25) is 0 Å². The molecule has 25 heavy (non-hydrogen) atoms. The van der Waals surface area contributed by atoms with Crippen LogP contribution in [0.4, 0.5) is 8.78 Å². The van der Waals surface area contributed by atoms with E-state index in [-0.39, 0.29) is 36.6 Å². The maximum atomic E-state index is 14.3. The van der Waals surface area contributed by atoms with Crippen LogP contribution in [0, 0.1) is 24.5 Å². The number of rotatable bonds is 5. The molecule has 0 radical (unpaired) electrons. The summed E-state index contributed by atoms with van der Waals surface area (Å²) in [5.74, 6) is -3.20. The largest absolute Gasteiger partial charge is 0.355 e. The Labute approximate surface area is 145 Å². The Balaban J connectivity index is 1.80. The van der Waals surface area contributed by atoms with Crippen LogP contribution in [0.5, 0.6) is 0 Å². The molecule has 0 unspecified atom stereocenters. The lowest BCUT2D eigenvalue weighted by Crippen LogP contribution is -2.23. The highest BCUT2D eigenvalue weighted by Gasteiger charge is 2.39. The molecule has 0 spiro atoms. The second-order valence-electron chi connectivity index (χ2n) is 6.51. The summed E-state index contributed by atoms with van der Waals surface area (Å²) in [7, 11) is 0. The minimum atomic E-state index is -0.747. The lowest BCUT2D eigenvalue weighted by atomic mass is 9.83. The molecule has 0 aliphatic carbocycles. The number of halogens is 2. The third-order valence-corrected chi connectivity index (χ3v) is 4.60. The van der Waals surface area contributed by atoms with Crippen molar-refractivity contribution in [3.8, 4) is 0 Å². The second kappa shape index (κ2) is 7.13. The van der Waals surface area contributed by atoms with Crippen LogP contribution in [-0.4, -0.2) is 18.2 Å². The van der Waals surface area contributed by atoms with Crippen LogP contribution in [0.25, 0.3) is 0 Å². The molecule has 0 bridgehead atoms. The van der Waals surface area contributed by atoms with Gasteiger partial charge in [0.2, 0.25) is 5.91 Å². The van der Waals surface area contributed by atoms with Crippen LogP contribution < -0.4 is 5.32 Å². The first kappa shape index (κ1) is 17.3. The highest BCUT2D eigenvalue weighted by atomic mass is 19.1. The molecule has 130 valence electrons. The van der Waals surface area contributed by atoms with E-state index >= 15 is 0 Å². The molecule has 5 heteroatoms. The summed E-state index contributed by atoms with van der Waals surface area (Å²) in [6, 6.07) is 11.7. The zero-order chi connectivity index (χ0) is 18.0. The summed E-state index contributed by atoms with van der Waals surface area (Å²) < 4.78 is 28.6. The predicted molar refractivity (Wildman–Crippen MR) is 90.1 cm³/mol. The molecule has 2 atom stereocenters. The van der Waals surface area contributed by atoms with Crippen LogP contribution in [0.3, 0.4) is 0 Å². The zero-order valence-corrected chi connectivity index (χ0v) is 13.9. The van der Waals surface area contributed by atoms with Gasteiger partial charge in [0.05, 0.1) is 5.92 Å². The van der Waals surface area contributed by atoms with E-state index in [9.17, 15) is 18.4 Å². The van der Waals surface area contributed by atoms with E-state index in [0.717, 1.165) is 5.56 Å². The van der Waals surface area contributed by atoms with Gasteiger partial charge in [0.25, 0.3) is 0 Å². The van der Waals surface area contributed by atoms with E-state index in [0.29, 0.717) is 5.56 Å². The van der Waals surface area contributed by atoms with Gasteiger partial charge >= 0.3 is 0 Å². The van der Waals surface area contributed by atoms with Crippen molar-refractivity contribution in [1.82, 2.24) is 5.32 Å². The van der Waals surface area contributed by atoms with Crippen molar-refractivity contribution in [2.45, 2.75) is 25.7 Å². The highest BCUT2D eigenvalue weighted by Crippen LogP contribution is 2.35. The summed E-state index contributed by atoms with van der Waals surface area (Å²) in [5, 5.41) is 2.63. The van der Waals surface area contributed by atoms with Crippen LogP contribution in [0.1, 0.15) is 29.0 Å². The number of hydrogen-bond donors (Lipinski definition) is 1. The van der Waals surface area contributed by atoms with Gasteiger partial charge in [-0.25, -0.2) is 8.78 Å². The Hall–Kier alpha value is -2.56. The molecule has 3 rings (SSSR count). The number of carbonyl (C=O) groups is 2. The van der Waals surface area contributed by atoms with Crippen molar-refractivity contribution in [3.63, 3.8) is 0 Å². The van der Waals surface area contributed by atoms with E-state index in [1.54, 1.807) is 6.92 Å². The Morgan fingerprint density at radius 2 is 1.80 bits per heavy atom. The van der Waals surface area contributed by atoms with Crippen LogP contribution >= 0.6 is 0 Å².